The third-order valence-corrected chi connectivity index (χ3v) is 5.01. The van der Waals surface area contributed by atoms with Gasteiger partial charge in [0.25, 0.3) is 0 Å². The highest BCUT2D eigenvalue weighted by molar-refractivity contribution is 14.0. The van der Waals surface area contributed by atoms with Gasteiger partial charge < -0.3 is 20.3 Å². The molecule has 1 aliphatic heterocycles. The summed E-state index contributed by atoms with van der Waals surface area (Å²) in [6.45, 7) is 2.47. The number of aromatic nitrogens is 1. The first-order valence-corrected chi connectivity index (χ1v) is 9.61. The number of methoxy groups -OCH3 is 1. The molecule has 2 aromatic rings. The van der Waals surface area contributed by atoms with Crippen molar-refractivity contribution in [3.8, 4) is 0 Å². The molecule has 3 rings (SSSR count). The lowest BCUT2D eigenvalue weighted by atomic mass is 10.1. The van der Waals surface area contributed by atoms with Crippen LogP contribution in [0.5, 0.6) is 0 Å². The Balaban J connectivity index is 0.00000300. The van der Waals surface area contributed by atoms with E-state index in [1.165, 1.54) is 12.1 Å². The average Bonchev–Trinajstić information content (AvgIpc) is 2.75. The average molecular weight is 513 g/mol. The van der Waals surface area contributed by atoms with E-state index in [1.807, 2.05) is 18.3 Å². The van der Waals surface area contributed by atoms with Crippen molar-refractivity contribution < 1.29 is 9.13 Å². The van der Waals surface area contributed by atoms with Gasteiger partial charge in [0.15, 0.2) is 5.96 Å². The number of nitrogens with one attached hydrogen (secondary N) is 2. The molecule has 1 atom stereocenters. The number of rotatable bonds is 6. The molecule has 0 spiro atoms. The highest BCUT2D eigenvalue weighted by atomic mass is 127. The molecule has 0 radical (unpaired) electrons. The molecule has 1 aromatic carbocycles. The second kappa shape index (κ2) is 11.9. The fourth-order valence-electron chi connectivity index (χ4n) is 3.39. The second-order valence-electron chi connectivity index (χ2n) is 6.82. The third-order valence-electron chi connectivity index (χ3n) is 5.01. The number of halogens is 2. The number of anilines is 1. The molecule has 1 saturated heterocycles. The molecule has 29 heavy (non-hydrogen) atoms. The monoisotopic (exact) mass is 513 g/mol. The summed E-state index contributed by atoms with van der Waals surface area (Å²) in [6.07, 6.45) is 3.69. The summed E-state index contributed by atoms with van der Waals surface area (Å²) in [4.78, 5) is 11.1. The van der Waals surface area contributed by atoms with E-state index >= 15 is 0 Å². The van der Waals surface area contributed by atoms with E-state index in [2.05, 4.69) is 31.6 Å². The molecule has 0 saturated carbocycles. The van der Waals surface area contributed by atoms with Gasteiger partial charge in [0.1, 0.15) is 11.6 Å². The predicted octanol–water partition coefficient (Wildman–Crippen LogP) is 3.36. The van der Waals surface area contributed by atoms with Gasteiger partial charge in [-0.2, -0.15) is 0 Å². The maximum absolute atomic E-state index is 13.1. The fourth-order valence-corrected chi connectivity index (χ4v) is 3.39. The Morgan fingerprint density at radius 3 is 2.55 bits per heavy atom. The molecule has 0 amide bonds. The smallest absolute Gasteiger partial charge is 0.191 e. The van der Waals surface area contributed by atoms with Gasteiger partial charge >= 0.3 is 0 Å². The van der Waals surface area contributed by atoms with Crippen LogP contribution in [0.4, 0.5) is 10.2 Å². The lowest BCUT2D eigenvalue weighted by Crippen LogP contribution is -2.49. The fraction of sp³-hybridized carbons (Fsp3) is 0.429. The number of ether oxygens (including phenoxy) is 1. The maximum atomic E-state index is 13.1. The second-order valence-corrected chi connectivity index (χ2v) is 6.82. The molecule has 158 valence electrons. The maximum Gasteiger partial charge on any atom is 0.191 e. The standard InChI is InChI=1S/C21H28FN5O.HI/c1-23-21(25-15-19(28-2)16-6-8-17(22)9-7-16)26-18-10-13-27(14-11-18)20-5-3-4-12-24-20;/h3-9,12,18-19H,10-11,13-15H2,1-2H3,(H2,23,25,26);1H. The molecule has 1 aromatic heterocycles. The highest BCUT2D eigenvalue weighted by Crippen LogP contribution is 2.18. The molecule has 2 N–H and O–H groups in total. The minimum absolute atomic E-state index is 0. The number of benzene rings is 1. The van der Waals surface area contributed by atoms with Crippen LogP contribution in [0, 0.1) is 5.82 Å². The number of hydrogen-bond acceptors (Lipinski definition) is 4. The largest absolute Gasteiger partial charge is 0.375 e. The van der Waals surface area contributed by atoms with E-state index in [9.17, 15) is 4.39 Å². The van der Waals surface area contributed by atoms with Crippen molar-refractivity contribution in [3.63, 3.8) is 0 Å². The molecule has 1 unspecified atom stereocenters. The van der Waals surface area contributed by atoms with Crippen LogP contribution in [0.3, 0.4) is 0 Å². The van der Waals surface area contributed by atoms with E-state index in [-0.39, 0.29) is 35.9 Å². The summed E-state index contributed by atoms with van der Waals surface area (Å²) < 4.78 is 18.7. The van der Waals surface area contributed by atoms with E-state index < -0.39 is 0 Å². The summed E-state index contributed by atoms with van der Waals surface area (Å²) in [5, 5.41) is 6.81. The number of guanidine groups is 1. The van der Waals surface area contributed by atoms with Crippen LogP contribution in [0.15, 0.2) is 53.7 Å². The Morgan fingerprint density at radius 2 is 1.97 bits per heavy atom. The number of aliphatic imine (C=N–C) groups is 1. The number of hydrogen-bond donors (Lipinski definition) is 2. The van der Waals surface area contributed by atoms with E-state index in [1.54, 1.807) is 26.3 Å². The van der Waals surface area contributed by atoms with Crippen LogP contribution >= 0.6 is 24.0 Å². The van der Waals surface area contributed by atoms with Crippen molar-refractivity contribution in [2.24, 2.45) is 4.99 Å². The first-order valence-electron chi connectivity index (χ1n) is 9.61. The third kappa shape index (κ3) is 6.81. The molecule has 1 fully saturated rings. The predicted molar refractivity (Wildman–Crippen MR) is 126 cm³/mol. The minimum atomic E-state index is -0.249. The lowest BCUT2D eigenvalue weighted by molar-refractivity contribution is 0.106. The van der Waals surface area contributed by atoms with Gasteiger partial charge in [-0.1, -0.05) is 18.2 Å². The Hall–Kier alpha value is -1.94. The first kappa shape index (κ1) is 23.3. The van der Waals surface area contributed by atoms with Crippen LogP contribution < -0.4 is 15.5 Å². The van der Waals surface area contributed by atoms with Gasteiger partial charge in [0, 0.05) is 46.0 Å². The molecular formula is C21H29FIN5O. The van der Waals surface area contributed by atoms with Crippen LogP contribution in [0.2, 0.25) is 0 Å². The summed E-state index contributed by atoms with van der Waals surface area (Å²) in [5.41, 5.74) is 0.926. The van der Waals surface area contributed by atoms with Gasteiger partial charge in [-0.3, -0.25) is 4.99 Å². The summed E-state index contributed by atoms with van der Waals surface area (Å²) >= 11 is 0. The van der Waals surface area contributed by atoms with Crippen molar-refractivity contribution in [1.29, 1.82) is 0 Å². The van der Waals surface area contributed by atoms with Crippen LogP contribution in [-0.4, -0.2) is 50.8 Å². The number of pyridine rings is 1. The molecule has 0 aliphatic carbocycles. The van der Waals surface area contributed by atoms with Gasteiger partial charge in [0.05, 0.1) is 6.10 Å². The minimum Gasteiger partial charge on any atom is -0.375 e. The molecular weight excluding hydrogens is 484 g/mol. The van der Waals surface area contributed by atoms with Crippen LogP contribution in [0.25, 0.3) is 0 Å². The Labute approximate surface area is 189 Å². The zero-order chi connectivity index (χ0) is 19.8. The molecule has 1 aliphatic rings. The Kier molecular flexibility index (Phi) is 9.59. The molecule has 6 nitrogen and oxygen atoms in total. The number of piperidine rings is 1. The highest BCUT2D eigenvalue weighted by Gasteiger charge is 2.21. The lowest BCUT2D eigenvalue weighted by Gasteiger charge is -2.34. The zero-order valence-electron chi connectivity index (χ0n) is 16.8. The van der Waals surface area contributed by atoms with Crippen molar-refractivity contribution in [3.05, 3.63) is 60.0 Å². The molecule has 2 heterocycles. The summed E-state index contributed by atoms with van der Waals surface area (Å²) in [7, 11) is 3.41. The van der Waals surface area contributed by atoms with Gasteiger partial charge in [-0.05, 0) is 42.7 Å². The van der Waals surface area contributed by atoms with Gasteiger partial charge in [-0.25, -0.2) is 9.37 Å². The normalized spacial score (nSPS) is 16.1. The van der Waals surface area contributed by atoms with E-state index in [0.29, 0.717) is 12.6 Å². The van der Waals surface area contributed by atoms with Crippen LogP contribution in [-0.2, 0) is 4.74 Å². The topological polar surface area (TPSA) is 61.8 Å². The summed E-state index contributed by atoms with van der Waals surface area (Å²) in [6, 6.07) is 12.8. The quantitative estimate of drug-likeness (QED) is 0.353. The first-order chi connectivity index (χ1) is 13.7. The zero-order valence-corrected chi connectivity index (χ0v) is 19.2. The molecule has 0 bridgehead atoms. The van der Waals surface area contributed by atoms with Crippen molar-refractivity contribution in [2.75, 3.05) is 38.7 Å². The van der Waals surface area contributed by atoms with Crippen molar-refractivity contribution in [1.82, 2.24) is 15.6 Å². The van der Waals surface area contributed by atoms with Crippen molar-refractivity contribution in [2.45, 2.75) is 25.0 Å². The van der Waals surface area contributed by atoms with E-state index in [0.717, 1.165) is 43.3 Å². The number of nitrogens with zero attached hydrogens (tertiary/aromatic N) is 3. The molecule has 8 heteroatoms. The Morgan fingerprint density at radius 1 is 1.24 bits per heavy atom. The van der Waals surface area contributed by atoms with Gasteiger partial charge in [-0.15, -0.1) is 24.0 Å². The van der Waals surface area contributed by atoms with Crippen molar-refractivity contribution >= 4 is 35.8 Å². The summed E-state index contributed by atoms with van der Waals surface area (Å²) in [5.74, 6) is 1.53. The van der Waals surface area contributed by atoms with Gasteiger partial charge in [0.2, 0.25) is 0 Å². The SMILES string of the molecule is CN=C(NCC(OC)c1ccc(F)cc1)NC1CCN(c2ccccn2)CC1.I. The van der Waals surface area contributed by atoms with Crippen LogP contribution in [0.1, 0.15) is 24.5 Å². The Bertz CT molecular complexity index is 751. The van der Waals surface area contributed by atoms with E-state index in [4.69, 9.17) is 4.74 Å².